The van der Waals surface area contributed by atoms with E-state index in [2.05, 4.69) is 17.6 Å². The van der Waals surface area contributed by atoms with E-state index in [1.807, 2.05) is 6.92 Å². The Bertz CT molecular complexity index is 490. The Kier molecular flexibility index (Phi) is 5.74. The molecule has 4 heteroatoms. The molecule has 0 spiro atoms. The number of carbonyl (C=O) groups excluding carboxylic acids is 1. The number of aryl methyl sites for hydroxylation is 1. The Labute approximate surface area is 126 Å². The van der Waals surface area contributed by atoms with Gasteiger partial charge < -0.3 is 10.6 Å². The van der Waals surface area contributed by atoms with Gasteiger partial charge >= 0.3 is 0 Å². The summed E-state index contributed by atoms with van der Waals surface area (Å²) in [5.41, 5.74) is 2.02. The van der Waals surface area contributed by atoms with Gasteiger partial charge in [0.2, 0.25) is 5.91 Å². The van der Waals surface area contributed by atoms with Gasteiger partial charge in [0.15, 0.2) is 0 Å². The van der Waals surface area contributed by atoms with Gasteiger partial charge in [-0.2, -0.15) is 0 Å². The summed E-state index contributed by atoms with van der Waals surface area (Å²) in [5.74, 6) is 0.534. The van der Waals surface area contributed by atoms with Gasteiger partial charge in [-0.25, -0.2) is 4.39 Å². The molecule has 2 unspecified atom stereocenters. The molecule has 2 N–H and O–H groups in total. The molecule has 1 aliphatic rings. The van der Waals surface area contributed by atoms with Crippen molar-refractivity contribution < 1.29 is 9.18 Å². The second-order valence-corrected chi connectivity index (χ2v) is 5.92. The molecule has 1 aromatic rings. The third-order valence-electron chi connectivity index (χ3n) is 4.40. The Morgan fingerprint density at radius 3 is 3.00 bits per heavy atom. The number of rotatable bonds is 5. The van der Waals surface area contributed by atoms with Crippen molar-refractivity contribution in [3.8, 4) is 0 Å². The van der Waals surface area contributed by atoms with E-state index in [-0.39, 0.29) is 17.8 Å². The fourth-order valence-electron chi connectivity index (χ4n) is 2.95. The molecule has 0 saturated carbocycles. The Balaban J connectivity index is 1.78. The number of halogens is 1. The maximum Gasteiger partial charge on any atom is 0.237 e. The van der Waals surface area contributed by atoms with Gasteiger partial charge in [-0.3, -0.25) is 4.79 Å². The highest BCUT2D eigenvalue weighted by molar-refractivity contribution is 5.81. The molecule has 0 radical (unpaired) electrons. The van der Waals surface area contributed by atoms with Crippen LogP contribution in [0.25, 0.3) is 0 Å². The Hall–Kier alpha value is -1.42. The normalized spacial score (nSPS) is 22.0. The summed E-state index contributed by atoms with van der Waals surface area (Å²) in [6.07, 6.45) is 3.97. The summed E-state index contributed by atoms with van der Waals surface area (Å²) in [7, 11) is 0. The Morgan fingerprint density at radius 2 is 2.29 bits per heavy atom. The highest BCUT2D eigenvalue weighted by Crippen LogP contribution is 2.19. The first-order chi connectivity index (χ1) is 10.1. The highest BCUT2D eigenvalue weighted by Gasteiger charge is 2.25. The quantitative estimate of drug-likeness (QED) is 0.876. The van der Waals surface area contributed by atoms with Crippen molar-refractivity contribution in [3.63, 3.8) is 0 Å². The van der Waals surface area contributed by atoms with Crippen LogP contribution in [0.1, 0.15) is 37.3 Å². The molecule has 116 valence electrons. The largest absolute Gasteiger partial charge is 0.354 e. The number of amides is 1. The van der Waals surface area contributed by atoms with Crippen LogP contribution in [0.15, 0.2) is 18.2 Å². The highest BCUT2D eigenvalue weighted by atomic mass is 19.1. The zero-order valence-corrected chi connectivity index (χ0v) is 12.9. The van der Waals surface area contributed by atoms with Gasteiger partial charge in [0, 0.05) is 6.54 Å². The number of hydrogen-bond acceptors (Lipinski definition) is 2. The molecular weight excluding hydrogens is 267 g/mol. The number of benzene rings is 1. The first-order valence-electron chi connectivity index (χ1n) is 7.86. The van der Waals surface area contributed by atoms with Gasteiger partial charge in [-0.15, -0.1) is 0 Å². The van der Waals surface area contributed by atoms with E-state index in [0.717, 1.165) is 43.4 Å². The van der Waals surface area contributed by atoms with Gasteiger partial charge in [-0.1, -0.05) is 19.4 Å². The molecule has 2 rings (SSSR count). The molecule has 1 saturated heterocycles. The van der Waals surface area contributed by atoms with E-state index in [4.69, 9.17) is 0 Å². The molecule has 21 heavy (non-hydrogen) atoms. The Morgan fingerprint density at radius 1 is 1.48 bits per heavy atom. The molecule has 0 aliphatic carbocycles. The standard InChI is InChI=1S/C17H25FN2O/c1-3-13-6-8-19-16(11-13)17(21)20-9-7-14-4-5-15(18)10-12(14)2/h4-5,10,13,16,19H,3,6-9,11H2,1-2H3,(H,20,21). The summed E-state index contributed by atoms with van der Waals surface area (Å²) in [5, 5.41) is 6.28. The van der Waals surface area contributed by atoms with E-state index in [1.165, 1.54) is 12.1 Å². The van der Waals surface area contributed by atoms with Crippen LogP contribution in [0.3, 0.4) is 0 Å². The van der Waals surface area contributed by atoms with Crippen LogP contribution in [0.4, 0.5) is 4.39 Å². The van der Waals surface area contributed by atoms with Crippen molar-refractivity contribution in [3.05, 3.63) is 35.1 Å². The van der Waals surface area contributed by atoms with Crippen molar-refractivity contribution in [2.24, 2.45) is 5.92 Å². The molecule has 1 fully saturated rings. The van der Waals surface area contributed by atoms with Crippen LogP contribution >= 0.6 is 0 Å². The average Bonchev–Trinajstić information content (AvgIpc) is 2.49. The van der Waals surface area contributed by atoms with E-state index < -0.39 is 0 Å². The number of piperidine rings is 1. The maximum absolute atomic E-state index is 13.0. The van der Waals surface area contributed by atoms with Crippen LogP contribution in [0, 0.1) is 18.7 Å². The van der Waals surface area contributed by atoms with Gasteiger partial charge in [0.05, 0.1) is 6.04 Å². The summed E-state index contributed by atoms with van der Waals surface area (Å²) < 4.78 is 13.0. The third kappa shape index (κ3) is 4.53. The molecule has 1 heterocycles. The predicted octanol–water partition coefficient (Wildman–Crippen LogP) is 2.57. The van der Waals surface area contributed by atoms with Gasteiger partial charge in [0.25, 0.3) is 0 Å². The van der Waals surface area contributed by atoms with Crippen molar-refractivity contribution >= 4 is 5.91 Å². The van der Waals surface area contributed by atoms with Crippen LogP contribution in [0.5, 0.6) is 0 Å². The van der Waals surface area contributed by atoms with Crippen molar-refractivity contribution in [1.82, 2.24) is 10.6 Å². The minimum atomic E-state index is -0.211. The molecule has 2 atom stereocenters. The lowest BCUT2D eigenvalue weighted by Crippen LogP contribution is -2.49. The smallest absolute Gasteiger partial charge is 0.237 e. The van der Waals surface area contributed by atoms with Gasteiger partial charge in [-0.05, 0) is 61.9 Å². The summed E-state index contributed by atoms with van der Waals surface area (Å²) in [4.78, 5) is 12.2. The number of hydrogen-bond donors (Lipinski definition) is 2. The van der Waals surface area contributed by atoms with Crippen LogP contribution < -0.4 is 10.6 Å². The number of nitrogens with one attached hydrogen (secondary N) is 2. The lowest BCUT2D eigenvalue weighted by Gasteiger charge is -2.28. The second-order valence-electron chi connectivity index (χ2n) is 5.92. The molecule has 1 aliphatic heterocycles. The molecule has 3 nitrogen and oxygen atoms in total. The summed E-state index contributed by atoms with van der Waals surface area (Å²) >= 11 is 0. The molecule has 0 aromatic heterocycles. The van der Waals surface area contributed by atoms with E-state index >= 15 is 0 Å². The van der Waals surface area contributed by atoms with E-state index in [0.29, 0.717) is 12.5 Å². The lowest BCUT2D eigenvalue weighted by molar-refractivity contribution is -0.124. The molecule has 1 aromatic carbocycles. The minimum absolute atomic E-state index is 0.0574. The predicted molar refractivity (Wildman–Crippen MR) is 82.7 cm³/mol. The average molecular weight is 292 g/mol. The number of carbonyl (C=O) groups is 1. The fourth-order valence-corrected chi connectivity index (χ4v) is 2.95. The molecular formula is C17H25FN2O. The van der Waals surface area contributed by atoms with E-state index in [9.17, 15) is 9.18 Å². The van der Waals surface area contributed by atoms with Crippen molar-refractivity contribution in [2.45, 2.75) is 45.6 Å². The lowest BCUT2D eigenvalue weighted by atomic mass is 9.90. The summed E-state index contributed by atoms with van der Waals surface area (Å²) in [6, 6.07) is 4.74. The molecule has 1 amide bonds. The zero-order chi connectivity index (χ0) is 15.2. The third-order valence-corrected chi connectivity index (χ3v) is 4.40. The monoisotopic (exact) mass is 292 g/mol. The van der Waals surface area contributed by atoms with Gasteiger partial charge in [0.1, 0.15) is 5.82 Å². The zero-order valence-electron chi connectivity index (χ0n) is 12.9. The van der Waals surface area contributed by atoms with Crippen LogP contribution in [-0.4, -0.2) is 25.0 Å². The van der Waals surface area contributed by atoms with Crippen LogP contribution in [-0.2, 0) is 11.2 Å². The maximum atomic E-state index is 13.0. The van der Waals surface area contributed by atoms with Crippen LogP contribution in [0.2, 0.25) is 0 Å². The van der Waals surface area contributed by atoms with Crippen molar-refractivity contribution in [2.75, 3.05) is 13.1 Å². The first kappa shape index (κ1) is 16.0. The topological polar surface area (TPSA) is 41.1 Å². The van der Waals surface area contributed by atoms with E-state index in [1.54, 1.807) is 6.07 Å². The minimum Gasteiger partial charge on any atom is -0.354 e. The second kappa shape index (κ2) is 7.55. The summed E-state index contributed by atoms with van der Waals surface area (Å²) in [6.45, 7) is 5.60. The SMILES string of the molecule is CCC1CCNC(C(=O)NCCc2ccc(F)cc2C)C1. The van der Waals surface area contributed by atoms with Crippen molar-refractivity contribution in [1.29, 1.82) is 0 Å². The fraction of sp³-hybridized carbons (Fsp3) is 0.588. The molecule has 0 bridgehead atoms. The first-order valence-corrected chi connectivity index (χ1v) is 7.86.